The Kier molecular flexibility index (Phi) is 3.99. The molecule has 5 nitrogen and oxygen atoms in total. The maximum absolute atomic E-state index is 11.6. The van der Waals surface area contributed by atoms with Crippen molar-refractivity contribution in [2.75, 3.05) is 13.2 Å². The zero-order valence-electron chi connectivity index (χ0n) is 9.08. The van der Waals surface area contributed by atoms with Crippen molar-refractivity contribution >= 4 is 0 Å². The molecule has 1 aromatic rings. The van der Waals surface area contributed by atoms with Gasteiger partial charge >= 0.3 is 0 Å². The van der Waals surface area contributed by atoms with Gasteiger partial charge in [0.25, 0.3) is 5.56 Å². The Balaban J connectivity index is 3.13. The number of aromatic amines is 1. The lowest BCUT2D eigenvalue weighted by Crippen LogP contribution is -2.23. The van der Waals surface area contributed by atoms with E-state index in [0.29, 0.717) is 30.0 Å². The quantitative estimate of drug-likeness (QED) is 0.636. The van der Waals surface area contributed by atoms with Crippen LogP contribution >= 0.6 is 0 Å². The molecule has 0 aliphatic carbocycles. The van der Waals surface area contributed by atoms with Crippen LogP contribution in [0.3, 0.4) is 0 Å². The summed E-state index contributed by atoms with van der Waals surface area (Å²) < 4.78 is 0. The SMILES string of the molecule is Cc1nc(C(C)CN)[nH]c(=O)c1CCO. The Hall–Kier alpha value is -1.20. The standard InChI is InChI=1S/C10H17N3O2/c1-6(5-11)9-12-7(2)8(3-4-14)10(15)13-9/h6,14H,3-5,11H2,1-2H3,(H,12,13,15). The minimum atomic E-state index is -0.174. The minimum Gasteiger partial charge on any atom is -0.396 e. The number of aliphatic hydroxyl groups is 1. The lowest BCUT2D eigenvalue weighted by atomic mass is 10.1. The molecule has 0 spiro atoms. The number of aliphatic hydroxyl groups excluding tert-OH is 1. The van der Waals surface area contributed by atoms with Crippen molar-refractivity contribution in [1.29, 1.82) is 0 Å². The maximum atomic E-state index is 11.6. The highest BCUT2D eigenvalue weighted by molar-refractivity contribution is 5.17. The first-order valence-corrected chi connectivity index (χ1v) is 5.00. The van der Waals surface area contributed by atoms with Gasteiger partial charge in [-0.2, -0.15) is 0 Å². The van der Waals surface area contributed by atoms with Gasteiger partial charge in [0, 0.05) is 36.7 Å². The fourth-order valence-corrected chi connectivity index (χ4v) is 1.38. The predicted molar refractivity (Wildman–Crippen MR) is 57.9 cm³/mol. The topological polar surface area (TPSA) is 92.0 Å². The second-order valence-electron chi connectivity index (χ2n) is 3.63. The number of nitrogens with zero attached hydrogens (tertiary/aromatic N) is 1. The molecule has 15 heavy (non-hydrogen) atoms. The summed E-state index contributed by atoms with van der Waals surface area (Å²) in [6, 6.07) is 0. The largest absolute Gasteiger partial charge is 0.396 e. The van der Waals surface area contributed by atoms with Gasteiger partial charge in [0.1, 0.15) is 5.82 Å². The number of hydrogen-bond acceptors (Lipinski definition) is 4. The van der Waals surface area contributed by atoms with Crippen molar-refractivity contribution in [3.05, 3.63) is 27.4 Å². The maximum Gasteiger partial charge on any atom is 0.254 e. The Morgan fingerprint density at radius 2 is 2.27 bits per heavy atom. The zero-order chi connectivity index (χ0) is 11.4. The molecular weight excluding hydrogens is 194 g/mol. The lowest BCUT2D eigenvalue weighted by molar-refractivity contribution is 0.298. The van der Waals surface area contributed by atoms with Gasteiger partial charge in [-0.3, -0.25) is 4.79 Å². The second kappa shape index (κ2) is 5.04. The van der Waals surface area contributed by atoms with Gasteiger partial charge in [0.05, 0.1) is 0 Å². The summed E-state index contributed by atoms with van der Waals surface area (Å²) in [4.78, 5) is 18.6. The highest BCUT2D eigenvalue weighted by Gasteiger charge is 2.11. The number of H-pyrrole nitrogens is 1. The number of nitrogens with one attached hydrogen (secondary N) is 1. The molecule has 1 rings (SSSR count). The summed E-state index contributed by atoms with van der Waals surface area (Å²) in [6.45, 7) is 4.08. The molecule has 0 amide bonds. The van der Waals surface area contributed by atoms with Gasteiger partial charge in [0.15, 0.2) is 0 Å². The van der Waals surface area contributed by atoms with E-state index >= 15 is 0 Å². The van der Waals surface area contributed by atoms with Crippen molar-refractivity contribution in [2.24, 2.45) is 5.73 Å². The summed E-state index contributed by atoms with van der Waals surface area (Å²) in [5, 5.41) is 8.79. The molecule has 0 aliphatic rings. The van der Waals surface area contributed by atoms with E-state index in [9.17, 15) is 4.79 Å². The van der Waals surface area contributed by atoms with Crippen LogP contribution in [-0.4, -0.2) is 28.2 Å². The molecule has 1 aromatic heterocycles. The third-order valence-corrected chi connectivity index (χ3v) is 2.42. The van der Waals surface area contributed by atoms with E-state index in [1.165, 1.54) is 0 Å². The van der Waals surface area contributed by atoms with Crippen molar-refractivity contribution in [3.63, 3.8) is 0 Å². The highest BCUT2D eigenvalue weighted by atomic mass is 16.3. The van der Waals surface area contributed by atoms with Crippen LogP contribution in [0.2, 0.25) is 0 Å². The molecule has 1 unspecified atom stereocenters. The van der Waals surface area contributed by atoms with Crippen LogP contribution < -0.4 is 11.3 Å². The molecule has 4 N–H and O–H groups in total. The second-order valence-corrected chi connectivity index (χ2v) is 3.63. The van der Waals surface area contributed by atoms with Crippen molar-refractivity contribution in [3.8, 4) is 0 Å². The third kappa shape index (κ3) is 2.64. The van der Waals surface area contributed by atoms with Gasteiger partial charge in [-0.05, 0) is 6.92 Å². The summed E-state index contributed by atoms with van der Waals surface area (Å²) >= 11 is 0. The van der Waals surface area contributed by atoms with E-state index < -0.39 is 0 Å². The van der Waals surface area contributed by atoms with Crippen molar-refractivity contribution < 1.29 is 5.11 Å². The number of rotatable bonds is 4. The van der Waals surface area contributed by atoms with Crippen LogP contribution in [0.1, 0.15) is 29.9 Å². The first kappa shape index (κ1) is 11.9. The number of aryl methyl sites for hydroxylation is 1. The number of aromatic nitrogens is 2. The Morgan fingerprint density at radius 3 is 2.73 bits per heavy atom. The zero-order valence-corrected chi connectivity index (χ0v) is 9.08. The van der Waals surface area contributed by atoms with Crippen molar-refractivity contribution in [2.45, 2.75) is 26.2 Å². The molecule has 5 heteroatoms. The monoisotopic (exact) mass is 211 g/mol. The molecule has 0 bridgehead atoms. The highest BCUT2D eigenvalue weighted by Crippen LogP contribution is 2.08. The lowest BCUT2D eigenvalue weighted by Gasteiger charge is -2.10. The van der Waals surface area contributed by atoms with Gasteiger partial charge in [0.2, 0.25) is 0 Å². The smallest absolute Gasteiger partial charge is 0.254 e. The normalized spacial score (nSPS) is 12.8. The van der Waals surface area contributed by atoms with E-state index in [2.05, 4.69) is 9.97 Å². The van der Waals surface area contributed by atoms with Crippen LogP contribution in [0, 0.1) is 6.92 Å². The Labute approximate surface area is 88.4 Å². The average Bonchev–Trinajstić information content (AvgIpc) is 2.22. The Morgan fingerprint density at radius 1 is 1.60 bits per heavy atom. The average molecular weight is 211 g/mol. The van der Waals surface area contributed by atoms with Crippen LogP contribution in [0.25, 0.3) is 0 Å². The van der Waals surface area contributed by atoms with E-state index in [1.807, 2.05) is 6.92 Å². The van der Waals surface area contributed by atoms with E-state index in [0.717, 1.165) is 0 Å². The Bertz CT molecular complexity index is 387. The molecular formula is C10H17N3O2. The molecule has 0 saturated heterocycles. The summed E-state index contributed by atoms with van der Waals surface area (Å²) in [7, 11) is 0. The first-order valence-electron chi connectivity index (χ1n) is 5.00. The molecule has 0 saturated carbocycles. The first-order chi connectivity index (χ1) is 7.10. The fourth-order valence-electron chi connectivity index (χ4n) is 1.38. The number of hydrogen-bond donors (Lipinski definition) is 3. The van der Waals surface area contributed by atoms with E-state index in [-0.39, 0.29) is 18.1 Å². The van der Waals surface area contributed by atoms with Gasteiger partial charge < -0.3 is 15.8 Å². The molecule has 1 heterocycles. The fraction of sp³-hybridized carbons (Fsp3) is 0.600. The van der Waals surface area contributed by atoms with Crippen molar-refractivity contribution in [1.82, 2.24) is 9.97 Å². The summed E-state index contributed by atoms with van der Waals surface area (Å²) in [5.74, 6) is 0.654. The van der Waals surface area contributed by atoms with Crippen LogP contribution in [-0.2, 0) is 6.42 Å². The molecule has 1 atom stereocenters. The predicted octanol–water partition coefficient (Wildman–Crippen LogP) is -0.325. The number of nitrogens with two attached hydrogens (primary N) is 1. The third-order valence-electron chi connectivity index (χ3n) is 2.42. The summed E-state index contributed by atoms with van der Waals surface area (Å²) in [6.07, 6.45) is 0.339. The van der Waals surface area contributed by atoms with Gasteiger partial charge in [-0.1, -0.05) is 6.92 Å². The summed E-state index contributed by atoms with van der Waals surface area (Å²) in [5.41, 5.74) is 6.54. The minimum absolute atomic E-state index is 0.0413. The molecule has 84 valence electrons. The molecule has 0 aromatic carbocycles. The van der Waals surface area contributed by atoms with Crippen LogP contribution in [0.4, 0.5) is 0 Å². The molecule has 0 radical (unpaired) electrons. The molecule has 0 aliphatic heterocycles. The van der Waals surface area contributed by atoms with E-state index in [1.54, 1.807) is 6.92 Å². The van der Waals surface area contributed by atoms with E-state index in [4.69, 9.17) is 10.8 Å². The van der Waals surface area contributed by atoms with Gasteiger partial charge in [-0.15, -0.1) is 0 Å². The van der Waals surface area contributed by atoms with Crippen LogP contribution in [0.15, 0.2) is 4.79 Å². The van der Waals surface area contributed by atoms with Crippen LogP contribution in [0.5, 0.6) is 0 Å². The molecule has 0 fully saturated rings. The van der Waals surface area contributed by atoms with Gasteiger partial charge in [-0.25, -0.2) is 4.98 Å².